The van der Waals surface area contributed by atoms with Crippen molar-refractivity contribution in [2.75, 3.05) is 0 Å². The van der Waals surface area contributed by atoms with Crippen LogP contribution in [0.4, 0.5) is 4.39 Å². The molecule has 3 rings (SSSR count). The zero-order valence-electron chi connectivity index (χ0n) is 11.0. The normalized spacial score (nSPS) is 12.6. The fourth-order valence-electron chi connectivity index (χ4n) is 2.31. The third-order valence-electron chi connectivity index (χ3n) is 3.46. The van der Waals surface area contributed by atoms with E-state index in [1.54, 1.807) is 43.5 Å². The number of nitrogens with zero attached hydrogens (tertiary/aromatic N) is 1. The van der Waals surface area contributed by atoms with Gasteiger partial charge in [0.2, 0.25) is 0 Å². The molecule has 0 spiro atoms. The number of pyridine rings is 1. The number of fused-ring (bicyclic) bond motifs is 1. The smallest absolute Gasteiger partial charge is 0.132 e. The van der Waals surface area contributed by atoms with E-state index in [0.717, 1.165) is 10.9 Å². The van der Waals surface area contributed by atoms with Gasteiger partial charge >= 0.3 is 0 Å². The van der Waals surface area contributed by atoms with Crippen LogP contribution in [0.3, 0.4) is 0 Å². The summed E-state index contributed by atoms with van der Waals surface area (Å²) in [5.41, 5.74) is 2.25. The first kappa shape index (κ1) is 12.8. The van der Waals surface area contributed by atoms with Gasteiger partial charge in [-0.2, -0.15) is 0 Å². The minimum Gasteiger partial charge on any atom is -0.384 e. The van der Waals surface area contributed by atoms with Crippen molar-refractivity contribution in [3.8, 4) is 0 Å². The number of rotatable bonds is 2. The fourth-order valence-corrected chi connectivity index (χ4v) is 2.31. The number of aryl methyl sites for hydroxylation is 1. The molecule has 3 aromatic rings. The number of halogens is 1. The number of aliphatic hydroxyl groups is 1. The van der Waals surface area contributed by atoms with Gasteiger partial charge in [0.15, 0.2) is 0 Å². The van der Waals surface area contributed by atoms with Crippen molar-refractivity contribution in [1.82, 2.24) is 4.98 Å². The molecule has 1 unspecified atom stereocenters. The number of benzene rings is 2. The van der Waals surface area contributed by atoms with E-state index in [9.17, 15) is 9.50 Å². The van der Waals surface area contributed by atoms with Crippen LogP contribution in [-0.2, 0) is 0 Å². The maximum Gasteiger partial charge on any atom is 0.132 e. The molecule has 20 heavy (non-hydrogen) atoms. The van der Waals surface area contributed by atoms with Crippen molar-refractivity contribution in [3.63, 3.8) is 0 Å². The second kappa shape index (κ2) is 5.02. The largest absolute Gasteiger partial charge is 0.384 e. The SMILES string of the molecule is Cc1cccc(C(O)c2ccc3cccnc3c2)c1F. The summed E-state index contributed by atoms with van der Waals surface area (Å²) in [6.07, 6.45) is 0.715. The Morgan fingerprint density at radius 2 is 1.95 bits per heavy atom. The molecule has 0 aliphatic carbocycles. The molecule has 0 fully saturated rings. The summed E-state index contributed by atoms with van der Waals surface area (Å²) in [6.45, 7) is 1.69. The van der Waals surface area contributed by atoms with E-state index in [0.29, 0.717) is 16.7 Å². The average Bonchev–Trinajstić information content (AvgIpc) is 2.49. The molecule has 0 aliphatic heterocycles. The Bertz CT molecular complexity index is 770. The molecule has 1 atom stereocenters. The molecular weight excluding hydrogens is 253 g/mol. The minimum absolute atomic E-state index is 0.292. The lowest BCUT2D eigenvalue weighted by atomic mass is 9.98. The van der Waals surface area contributed by atoms with Crippen LogP contribution in [-0.4, -0.2) is 10.1 Å². The molecule has 1 heterocycles. The topological polar surface area (TPSA) is 33.1 Å². The first-order valence-electron chi connectivity index (χ1n) is 6.44. The summed E-state index contributed by atoms with van der Waals surface area (Å²) in [5, 5.41) is 11.4. The van der Waals surface area contributed by atoms with E-state index in [1.807, 2.05) is 18.2 Å². The molecule has 1 aromatic heterocycles. The molecule has 0 amide bonds. The maximum atomic E-state index is 14.1. The van der Waals surface area contributed by atoms with Crippen LogP contribution >= 0.6 is 0 Å². The van der Waals surface area contributed by atoms with Gasteiger partial charge in [0.05, 0.1) is 5.52 Å². The molecule has 0 bridgehead atoms. The molecule has 0 aliphatic rings. The monoisotopic (exact) mass is 267 g/mol. The van der Waals surface area contributed by atoms with Gasteiger partial charge in [0.25, 0.3) is 0 Å². The Morgan fingerprint density at radius 1 is 1.10 bits per heavy atom. The van der Waals surface area contributed by atoms with Crippen molar-refractivity contribution < 1.29 is 9.50 Å². The van der Waals surface area contributed by atoms with Crippen LogP contribution in [0, 0.1) is 12.7 Å². The fraction of sp³-hybridized carbons (Fsp3) is 0.118. The zero-order valence-corrected chi connectivity index (χ0v) is 11.0. The van der Waals surface area contributed by atoms with E-state index in [2.05, 4.69) is 4.98 Å². The maximum absolute atomic E-state index is 14.1. The highest BCUT2D eigenvalue weighted by Crippen LogP contribution is 2.27. The summed E-state index contributed by atoms with van der Waals surface area (Å²) >= 11 is 0. The summed E-state index contributed by atoms with van der Waals surface area (Å²) in [4.78, 5) is 4.25. The first-order chi connectivity index (χ1) is 9.66. The van der Waals surface area contributed by atoms with Crippen molar-refractivity contribution >= 4 is 10.9 Å². The molecule has 0 saturated heterocycles. The predicted octanol–water partition coefficient (Wildman–Crippen LogP) is 3.76. The highest BCUT2D eigenvalue weighted by atomic mass is 19.1. The summed E-state index contributed by atoms with van der Waals surface area (Å²) in [6, 6.07) is 14.3. The first-order valence-corrected chi connectivity index (χ1v) is 6.44. The second-order valence-corrected chi connectivity index (χ2v) is 4.84. The van der Waals surface area contributed by atoms with E-state index in [-0.39, 0.29) is 5.82 Å². The van der Waals surface area contributed by atoms with Gasteiger partial charge in [-0.25, -0.2) is 4.39 Å². The van der Waals surface area contributed by atoms with Gasteiger partial charge in [-0.3, -0.25) is 4.98 Å². The molecule has 3 heteroatoms. The molecular formula is C17H14FNO. The predicted molar refractivity (Wildman–Crippen MR) is 76.9 cm³/mol. The van der Waals surface area contributed by atoms with Crippen LogP contribution in [0.5, 0.6) is 0 Å². The van der Waals surface area contributed by atoms with Crippen molar-refractivity contribution in [3.05, 3.63) is 77.2 Å². The van der Waals surface area contributed by atoms with Crippen LogP contribution in [0.2, 0.25) is 0 Å². The lowest BCUT2D eigenvalue weighted by Gasteiger charge is -2.14. The van der Waals surface area contributed by atoms with Gasteiger partial charge < -0.3 is 5.11 Å². The third kappa shape index (κ3) is 2.17. The van der Waals surface area contributed by atoms with Crippen LogP contribution in [0.1, 0.15) is 22.8 Å². The summed E-state index contributed by atoms with van der Waals surface area (Å²) in [5.74, 6) is -0.360. The number of aliphatic hydroxyl groups excluding tert-OH is 1. The molecule has 0 saturated carbocycles. The van der Waals surface area contributed by atoms with Crippen molar-refractivity contribution in [1.29, 1.82) is 0 Å². The number of aromatic nitrogens is 1. The lowest BCUT2D eigenvalue weighted by molar-refractivity contribution is 0.215. The van der Waals surface area contributed by atoms with Gasteiger partial charge in [0, 0.05) is 17.1 Å². The standard InChI is InChI=1S/C17H14FNO/c1-11-4-2-6-14(16(11)18)17(20)13-8-7-12-5-3-9-19-15(12)10-13/h2-10,17,20H,1H3. The summed E-state index contributed by atoms with van der Waals surface area (Å²) in [7, 11) is 0. The van der Waals surface area contributed by atoms with Crippen LogP contribution < -0.4 is 0 Å². The van der Waals surface area contributed by atoms with E-state index in [1.165, 1.54) is 0 Å². The van der Waals surface area contributed by atoms with Gasteiger partial charge in [-0.15, -0.1) is 0 Å². The molecule has 100 valence electrons. The molecule has 2 nitrogen and oxygen atoms in total. The van der Waals surface area contributed by atoms with Crippen molar-refractivity contribution in [2.24, 2.45) is 0 Å². The highest BCUT2D eigenvalue weighted by molar-refractivity contribution is 5.79. The molecule has 2 aromatic carbocycles. The Kier molecular flexibility index (Phi) is 3.20. The second-order valence-electron chi connectivity index (χ2n) is 4.84. The van der Waals surface area contributed by atoms with Gasteiger partial charge in [-0.05, 0) is 30.2 Å². The van der Waals surface area contributed by atoms with Gasteiger partial charge in [0.1, 0.15) is 11.9 Å². The lowest BCUT2D eigenvalue weighted by Crippen LogP contribution is -2.04. The van der Waals surface area contributed by atoms with Crippen molar-refractivity contribution in [2.45, 2.75) is 13.0 Å². The Hall–Kier alpha value is -2.26. The number of hydrogen-bond acceptors (Lipinski definition) is 2. The Balaban J connectivity index is 2.08. The van der Waals surface area contributed by atoms with Crippen LogP contribution in [0.25, 0.3) is 10.9 Å². The van der Waals surface area contributed by atoms with E-state index in [4.69, 9.17) is 0 Å². The number of hydrogen-bond donors (Lipinski definition) is 1. The minimum atomic E-state index is -0.985. The summed E-state index contributed by atoms with van der Waals surface area (Å²) < 4.78 is 14.1. The quantitative estimate of drug-likeness (QED) is 0.766. The Labute approximate surface area is 116 Å². The van der Waals surface area contributed by atoms with Crippen LogP contribution in [0.15, 0.2) is 54.7 Å². The molecule has 0 radical (unpaired) electrons. The highest BCUT2D eigenvalue weighted by Gasteiger charge is 2.16. The van der Waals surface area contributed by atoms with E-state index < -0.39 is 6.10 Å². The van der Waals surface area contributed by atoms with E-state index >= 15 is 0 Å². The van der Waals surface area contributed by atoms with Gasteiger partial charge in [-0.1, -0.05) is 36.4 Å². The third-order valence-corrected chi connectivity index (χ3v) is 3.46. The molecule has 1 N–H and O–H groups in total. The zero-order chi connectivity index (χ0) is 14.1. The Morgan fingerprint density at radius 3 is 2.80 bits per heavy atom. The average molecular weight is 267 g/mol.